The second-order valence-corrected chi connectivity index (χ2v) is 4.69. The van der Waals surface area contributed by atoms with Crippen LogP contribution in [0.3, 0.4) is 0 Å². The molecule has 2 aromatic rings. The maximum Gasteiger partial charge on any atom is 0.257 e. The number of nitrogen functional groups attached to an aromatic ring is 1. The maximum atomic E-state index is 13.8. The van der Waals surface area contributed by atoms with Gasteiger partial charge in [-0.3, -0.25) is 4.79 Å². The van der Waals surface area contributed by atoms with Crippen molar-refractivity contribution in [1.82, 2.24) is 4.90 Å². The average Bonchev–Trinajstić information content (AvgIpc) is 2.44. The van der Waals surface area contributed by atoms with Crippen molar-refractivity contribution in [1.29, 1.82) is 0 Å². The monoisotopic (exact) mass is 290 g/mol. The van der Waals surface area contributed by atoms with Crippen molar-refractivity contribution in [3.05, 3.63) is 65.2 Å². The van der Waals surface area contributed by atoms with Gasteiger partial charge in [0.05, 0.1) is 5.56 Å². The molecule has 2 rings (SSSR count). The Morgan fingerprint density at radius 2 is 1.95 bits per heavy atom. The van der Waals surface area contributed by atoms with Crippen LogP contribution in [-0.4, -0.2) is 17.4 Å². The molecule has 3 nitrogen and oxygen atoms in total. The largest absolute Gasteiger partial charge is 0.399 e. The van der Waals surface area contributed by atoms with Gasteiger partial charge in [-0.05, 0) is 42.8 Å². The zero-order valence-electron chi connectivity index (χ0n) is 11.6. The van der Waals surface area contributed by atoms with Crippen molar-refractivity contribution < 1.29 is 13.6 Å². The molecule has 0 aliphatic rings. The van der Waals surface area contributed by atoms with Gasteiger partial charge in [0, 0.05) is 18.8 Å². The number of amides is 1. The van der Waals surface area contributed by atoms with E-state index < -0.39 is 11.7 Å². The highest BCUT2D eigenvalue weighted by Gasteiger charge is 2.18. The highest BCUT2D eigenvalue weighted by Crippen LogP contribution is 2.16. The topological polar surface area (TPSA) is 46.3 Å². The molecule has 21 heavy (non-hydrogen) atoms. The lowest BCUT2D eigenvalue weighted by Crippen LogP contribution is -2.31. The first-order valence-corrected chi connectivity index (χ1v) is 6.60. The maximum absolute atomic E-state index is 13.8. The molecular weight excluding hydrogens is 274 g/mol. The Morgan fingerprint density at radius 3 is 2.57 bits per heavy atom. The normalized spacial score (nSPS) is 10.4. The fourth-order valence-corrected chi connectivity index (χ4v) is 2.06. The van der Waals surface area contributed by atoms with Gasteiger partial charge >= 0.3 is 0 Å². The van der Waals surface area contributed by atoms with Crippen molar-refractivity contribution in [2.24, 2.45) is 0 Å². The fourth-order valence-electron chi connectivity index (χ4n) is 2.06. The molecule has 0 spiro atoms. The Balaban J connectivity index is 2.22. The van der Waals surface area contributed by atoms with E-state index in [1.54, 1.807) is 19.1 Å². The van der Waals surface area contributed by atoms with E-state index in [2.05, 4.69) is 0 Å². The van der Waals surface area contributed by atoms with Crippen LogP contribution in [0, 0.1) is 11.6 Å². The number of hydrogen-bond acceptors (Lipinski definition) is 2. The summed E-state index contributed by atoms with van der Waals surface area (Å²) in [5, 5.41) is 0. The minimum absolute atomic E-state index is 0.0394. The number of rotatable bonds is 4. The first kappa shape index (κ1) is 15.0. The molecule has 0 unspecified atom stereocenters. The SMILES string of the molecule is CCN(Cc1cccc(F)c1)C(=O)c1ccc(N)cc1F. The first-order valence-electron chi connectivity index (χ1n) is 6.60. The molecule has 0 aliphatic heterocycles. The molecule has 0 saturated carbocycles. The van der Waals surface area contributed by atoms with E-state index >= 15 is 0 Å². The van der Waals surface area contributed by atoms with Crippen LogP contribution < -0.4 is 5.73 Å². The summed E-state index contributed by atoms with van der Waals surface area (Å²) in [6.07, 6.45) is 0. The van der Waals surface area contributed by atoms with Gasteiger partial charge in [0.15, 0.2) is 0 Å². The quantitative estimate of drug-likeness (QED) is 0.879. The van der Waals surface area contributed by atoms with Crippen molar-refractivity contribution in [2.75, 3.05) is 12.3 Å². The summed E-state index contributed by atoms with van der Waals surface area (Å²) < 4.78 is 27.0. The summed E-state index contributed by atoms with van der Waals surface area (Å²) in [4.78, 5) is 13.8. The number of carbonyl (C=O) groups is 1. The molecule has 0 saturated heterocycles. The number of hydrogen-bond donors (Lipinski definition) is 1. The summed E-state index contributed by atoms with van der Waals surface area (Å²) in [6, 6.07) is 9.94. The number of carbonyl (C=O) groups excluding carboxylic acids is 1. The van der Waals surface area contributed by atoms with Gasteiger partial charge in [-0.15, -0.1) is 0 Å². The molecule has 110 valence electrons. The van der Waals surface area contributed by atoms with Crippen molar-refractivity contribution in [3.8, 4) is 0 Å². The highest BCUT2D eigenvalue weighted by molar-refractivity contribution is 5.94. The van der Waals surface area contributed by atoms with Crippen LogP contribution in [0.5, 0.6) is 0 Å². The smallest absolute Gasteiger partial charge is 0.257 e. The average molecular weight is 290 g/mol. The van der Waals surface area contributed by atoms with Gasteiger partial charge in [-0.25, -0.2) is 8.78 Å². The minimum Gasteiger partial charge on any atom is -0.399 e. The molecule has 0 aromatic heterocycles. The summed E-state index contributed by atoms with van der Waals surface area (Å²) in [5.41, 5.74) is 6.35. The van der Waals surface area contributed by atoms with Crippen LogP contribution in [-0.2, 0) is 6.54 Å². The highest BCUT2D eigenvalue weighted by atomic mass is 19.1. The van der Waals surface area contributed by atoms with E-state index in [9.17, 15) is 13.6 Å². The van der Waals surface area contributed by atoms with E-state index in [0.29, 0.717) is 12.1 Å². The van der Waals surface area contributed by atoms with Gasteiger partial charge in [0.2, 0.25) is 0 Å². The van der Waals surface area contributed by atoms with Gasteiger partial charge < -0.3 is 10.6 Å². The predicted octanol–water partition coefficient (Wildman–Crippen LogP) is 3.21. The van der Waals surface area contributed by atoms with E-state index in [1.165, 1.54) is 29.2 Å². The van der Waals surface area contributed by atoms with Crippen LogP contribution >= 0.6 is 0 Å². The van der Waals surface area contributed by atoms with Crippen LogP contribution in [0.2, 0.25) is 0 Å². The second kappa shape index (κ2) is 6.35. The third kappa shape index (κ3) is 3.56. The van der Waals surface area contributed by atoms with E-state index in [1.807, 2.05) is 0 Å². The number of anilines is 1. The van der Waals surface area contributed by atoms with E-state index in [-0.39, 0.29) is 23.6 Å². The molecule has 0 atom stereocenters. The Morgan fingerprint density at radius 1 is 1.19 bits per heavy atom. The standard InChI is InChI=1S/C16H16F2N2O/c1-2-20(10-11-4-3-5-12(17)8-11)16(21)14-7-6-13(19)9-15(14)18/h3-9H,2,10,19H2,1H3. The Labute approximate surface area is 122 Å². The van der Waals surface area contributed by atoms with E-state index in [4.69, 9.17) is 5.73 Å². The summed E-state index contributed by atoms with van der Waals surface area (Å²) >= 11 is 0. The lowest BCUT2D eigenvalue weighted by molar-refractivity contribution is 0.0747. The number of benzene rings is 2. The van der Waals surface area contributed by atoms with Crippen LogP contribution in [0.25, 0.3) is 0 Å². The molecule has 5 heteroatoms. The predicted molar refractivity (Wildman–Crippen MR) is 77.6 cm³/mol. The molecule has 2 aromatic carbocycles. The van der Waals surface area contributed by atoms with Gasteiger partial charge in [0.1, 0.15) is 11.6 Å². The molecule has 0 radical (unpaired) electrons. The molecule has 2 N–H and O–H groups in total. The molecule has 0 heterocycles. The van der Waals surface area contributed by atoms with Crippen molar-refractivity contribution in [2.45, 2.75) is 13.5 Å². The van der Waals surface area contributed by atoms with Gasteiger partial charge in [0.25, 0.3) is 5.91 Å². The Bertz CT molecular complexity index is 658. The summed E-state index contributed by atoms with van der Waals surface area (Å²) in [6.45, 7) is 2.39. The molecular formula is C16H16F2N2O. The minimum atomic E-state index is -0.655. The van der Waals surface area contributed by atoms with Crippen LogP contribution in [0.15, 0.2) is 42.5 Å². The number of halogens is 2. The number of nitrogens with two attached hydrogens (primary N) is 1. The van der Waals surface area contributed by atoms with Crippen LogP contribution in [0.4, 0.5) is 14.5 Å². The zero-order valence-corrected chi connectivity index (χ0v) is 11.6. The van der Waals surface area contributed by atoms with Gasteiger partial charge in [-0.2, -0.15) is 0 Å². The Kier molecular flexibility index (Phi) is 4.52. The van der Waals surface area contributed by atoms with E-state index in [0.717, 1.165) is 6.07 Å². The van der Waals surface area contributed by atoms with Crippen molar-refractivity contribution >= 4 is 11.6 Å². The molecule has 1 amide bonds. The number of nitrogens with zero attached hydrogens (tertiary/aromatic N) is 1. The van der Waals surface area contributed by atoms with Crippen molar-refractivity contribution in [3.63, 3.8) is 0 Å². The van der Waals surface area contributed by atoms with Gasteiger partial charge in [-0.1, -0.05) is 12.1 Å². The lowest BCUT2D eigenvalue weighted by atomic mass is 10.1. The summed E-state index contributed by atoms with van der Waals surface area (Å²) in [7, 11) is 0. The second-order valence-electron chi connectivity index (χ2n) is 4.69. The first-order chi connectivity index (χ1) is 10.0. The third-order valence-electron chi connectivity index (χ3n) is 3.15. The molecule has 0 fully saturated rings. The third-order valence-corrected chi connectivity index (χ3v) is 3.15. The fraction of sp³-hybridized carbons (Fsp3) is 0.188. The summed E-state index contributed by atoms with van der Waals surface area (Å²) in [5.74, 6) is -1.47. The molecule has 0 aliphatic carbocycles. The lowest BCUT2D eigenvalue weighted by Gasteiger charge is -2.21. The van der Waals surface area contributed by atoms with Crippen LogP contribution in [0.1, 0.15) is 22.8 Å². The molecule has 0 bridgehead atoms. The zero-order chi connectivity index (χ0) is 15.4. The Hall–Kier alpha value is -2.43.